The number of rotatable bonds is 27. The first-order chi connectivity index (χ1) is 35.2. The van der Waals surface area contributed by atoms with Crippen molar-refractivity contribution in [2.75, 3.05) is 38.1 Å². The Morgan fingerprint density at radius 3 is 2.20 bits per heavy atom. The summed E-state index contributed by atoms with van der Waals surface area (Å²) in [5.74, 6) is -7.95. The number of aromatic nitrogens is 1. The Bertz CT molecular complexity index is 2620. The molecule has 3 unspecified atom stereocenters. The topological polar surface area (TPSA) is 217 Å². The summed E-state index contributed by atoms with van der Waals surface area (Å²) in [6, 6.07) is 12.1. The molecule has 0 spiro atoms. The number of thiazole rings is 1. The molecule has 15 nitrogen and oxygen atoms in total. The summed E-state index contributed by atoms with van der Waals surface area (Å²) in [6.07, 6.45) is 5.49. The van der Waals surface area contributed by atoms with E-state index in [0.29, 0.717) is 35.1 Å². The zero-order valence-electron chi connectivity index (χ0n) is 42.2. The first kappa shape index (κ1) is 58.0. The number of anilines is 2. The lowest BCUT2D eigenvalue weighted by Crippen LogP contribution is -2.65. The van der Waals surface area contributed by atoms with Gasteiger partial charge in [-0.15, -0.1) is 11.3 Å². The van der Waals surface area contributed by atoms with Crippen molar-refractivity contribution in [2.45, 2.75) is 134 Å². The second-order valence-electron chi connectivity index (χ2n) is 20.2. The maximum Gasteiger partial charge on any atom is 0.277 e. The van der Waals surface area contributed by atoms with E-state index in [1.807, 2.05) is 41.6 Å². The Labute approximate surface area is 447 Å². The number of β-amino-alcohol motifs (C(OH)–C–C–N with tert-alkyl or cyclic N) is 1. The molecule has 6 rings (SSSR count). The number of aryl methyl sites for hydroxylation is 1. The van der Waals surface area contributed by atoms with Crippen LogP contribution in [0.4, 0.5) is 28.9 Å². The number of nitrogens with zero attached hydrogens (tertiary/aromatic N) is 2. The van der Waals surface area contributed by atoms with Gasteiger partial charge >= 0.3 is 0 Å². The van der Waals surface area contributed by atoms with Gasteiger partial charge in [-0.05, 0) is 122 Å². The first-order valence-corrected chi connectivity index (χ1v) is 27.0. The van der Waals surface area contributed by atoms with Gasteiger partial charge in [0.15, 0.2) is 17.3 Å². The average Bonchev–Trinajstić information content (AvgIpc) is 3.79. The molecule has 0 bridgehead atoms. The van der Waals surface area contributed by atoms with Crippen LogP contribution >= 0.6 is 33.9 Å². The average molecular weight is 1160 g/mol. The largest absolute Gasteiger partial charge is 0.391 e. The smallest absolute Gasteiger partial charge is 0.277 e. The molecule has 1 saturated carbocycles. The molecule has 4 atom stereocenters. The molecule has 402 valence electrons. The van der Waals surface area contributed by atoms with Gasteiger partial charge < -0.3 is 37.0 Å². The second kappa shape index (κ2) is 26.0. The van der Waals surface area contributed by atoms with Gasteiger partial charge in [-0.3, -0.25) is 28.8 Å². The highest BCUT2D eigenvalue weighted by Gasteiger charge is 2.60. The predicted molar refractivity (Wildman–Crippen MR) is 283 cm³/mol. The van der Waals surface area contributed by atoms with E-state index in [1.54, 1.807) is 44.5 Å². The number of carbonyl (C=O) groups excluding carboxylic acids is 5. The van der Waals surface area contributed by atoms with Crippen molar-refractivity contribution < 1.29 is 51.5 Å². The standard InChI is InChI=1S/C53H67F4IN8O7S/c1-32-45(74-31-62-32)34-15-13-33(14-16-34)38(53(49(59)71)29-36(67)30-66(53)48(70)46(51(2,3)4)64-50(72)52(57)21-22-52)28-42(68)61-25-11-9-7-5-6-8-10-23-60-24-12-26-73-65-47(69)37-18-19-39(54)43(56)44(37)63-41-20-17-35(58)27-40(41)55/h13-20,27,31,36,38,46,60,63,67H,5-12,21-26,28-30H2,1-4H3,(H2,59,71)(H,61,68)(H,64,72)(H,65,69)/t36?,38-,46?,53?/m0/s1. The number of halogens is 5. The zero-order valence-corrected chi connectivity index (χ0v) is 45.2. The van der Waals surface area contributed by atoms with Crippen LogP contribution in [0.1, 0.15) is 125 Å². The van der Waals surface area contributed by atoms with Crippen molar-refractivity contribution in [2.24, 2.45) is 11.1 Å². The third-order valence-electron chi connectivity index (χ3n) is 13.5. The van der Waals surface area contributed by atoms with E-state index >= 15 is 0 Å². The van der Waals surface area contributed by atoms with Gasteiger partial charge in [0.1, 0.15) is 17.4 Å². The van der Waals surface area contributed by atoms with Gasteiger partial charge in [0.2, 0.25) is 17.7 Å². The normalized spacial score (nSPS) is 17.9. The van der Waals surface area contributed by atoms with Crippen LogP contribution in [0.2, 0.25) is 0 Å². The van der Waals surface area contributed by atoms with Crippen molar-refractivity contribution in [3.8, 4) is 10.4 Å². The molecule has 8 N–H and O–H groups in total. The number of nitrogens with two attached hydrogens (primary N) is 1. The molecule has 0 radical (unpaired) electrons. The molecule has 3 aromatic carbocycles. The SMILES string of the molecule is Cc1ncsc1-c1ccc([C@H](CC(=O)NCCCCCCCCCNCCCONC(=O)c2ccc(F)c(F)c2Nc2ccc(I)cc2F)C2(C(N)=O)CC(O)CN2C(=O)C(NC(=O)C2(F)CC2)C(C)(C)C)cc1. The maximum atomic E-state index is 15.0. The van der Waals surface area contributed by atoms with Crippen molar-refractivity contribution in [3.05, 3.63) is 98.0 Å². The molecule has 1 aromatic heterocycles. The Hall–Kier alpha value is -5.23. The monoisotopic (exact) mass is 1160 g/mol. The summed E-state index contributed by atoms with van der Waals surface area (Å²) in [7, 11) is 0. The molecule has 1 aliphatic carbocycles. The number of aliphatic hydroxyl groups is 1. The maximum absolute atomic E-state index is 15.0. The molecule has 1 aliphatic heterocycles. The quantitative estimate of drug-likeness (QED) is 0.0131. The molecule has 2 aliphatic rings. The van der Waals surface area contributed by atoms with E-state index in [2.05, 4.69) is 31.7 Å². The van der Waals surface area contributed by atoms with E-state index in [4.69, 9.17) is 10.6 Å². The number of alkyl halides is 1. The Morgan fingerprint density at radius 1 is 0.919 bits per heavy atom. The summed E-state index contributed by atoms with van der Waals surface area (Å²) in [5.41, 5.74) is 6.72. The second-order valence-corrected chi connectivity index (χ2v) is 22.3. The van der Waals surface area contributed by atoms with Gasteiger partial charge in [0.05, 0.1) is 45.7 Å². The highest BCUT2D eigenvalue weighted by atomic mass is 127. The number of primary amides is 1. The van der Waals surface area contributed by atoms with Crippen LogP contribution in [-0.4, -0.2) is 101 Å². The van der Waals surface area contributed by atoms with Gasteiger partial charge in [0, 0.05) is 35.4 Å². The number of hydroxylamine groups is 1. The van der Waals surface area contributed by atoms with E-state index in [9.17, 15) is 46.6 Å². The van der Waals surface area contributed by atoms with Gasteiger partial charge in [-0.1, -0.05) is 77.1 Å². The minimum atomic E-state index is -2.07. The molecular weight excluding hydrogens is 1100 g/mol. The summed E-state index contributed by atoms with van der Waals surface area (Å²) in [6.45, 7) is 8.68. The Morgan fingerprint density at radius 2 is 1.58 bits per heavy atom. The van der Waals surface area contributed by atoms with E-state index in [0.717, 1.165) is 73.3 Å². The highest BCUT2D eigenvalue weighted by Crippen LogP contribution is 2.46. The molecule has 74 heavy (non-hydrogen) atoms. The number of carbonyl (C=O) groups is 5. The first-order valence-electron chi connectivity index (χ1n) is 25.1. The number of aliphatic hydroxyl groups excluding tert-OH is 1. The number of amides is 5. The van der Waals surface area contributed by atoms with Crippen molar-refractivity contribution in [1.29, 1.82) is 0 Å². The number of unbranched alkanes of at least 4 members (excludes halogenated alkanes) is 6. The van der Waals surface area contributed by atoms with Crippen LogP contribution in [0.5, 0.6) is 0 Å². The highest BCUT2D eigenvalue weighted by molar-refractivity contribution is 14.1. The molecule has 2 heterocycles. The van der Waals surface area contributed by atoms with Crippen LogP contribution in [0.15, 0.2) is 60.1 Å². The van der Waals surface area contributed by atoms with E-state index in [1.165, 1.54) is 28.4 Å². The fourth-order valence-electron chi connectivity index (χ4n) is 9.24. The number of likely N-dealkylation sites (tertiary alicyclic amines) is 1. The number of benzene rings is 3. The minimum absolute atomic E-state index is 0.0390. The summed E-state index contributed by atoms with van der Waals surface area (Å²) >= 11 is 3.39. The fourth-order valence-corrected chi connectivity index (χ4v) is 10.5. The third kappa shape index (κ3) is 14.8. The van der Waals surface area contributed by atoms with Crippen LogP contribution in [0.3, 0.4) is 0 Å². The van der Waals surface area contributed by atoms with Crippen molar-refractivity contribution in [3.63, 3.8) is 0 Å². The number of hydrogen-bond donors (Lipinski definition) is 7. The van der Waals surface area contributed by atoms with Crippen molar-refractivity contribution in [1.82, 2.24) is 31.3 Å². The predicted octanol–water partition coefficient (Wildman–Crippen LogP) is 8.40. The Kier molecular flexibility index (Phi) is 20.4. The number of nitrogens with one attached hydrogen (secondary N) is 5. The molecule has 21 heteroatoms. The lowest BCUT2D eigenvalue weighted by atomic mass is 9.73. The lowest BCUT2D eigenvalue weighted by molar-refractivity contribution is -0.151. The fraction of sp³-hybridized carbons (Fsp3) is 0.509. The minimum Gasteiger partial charge on any atom is -0.391 e. The van der Waals surface area contributed by atoms with Crippen LogP contribution in [0, 0.1) is 33.4 Å². The van der Waals surface area contributed by atoms with Crippen molar-refractivity contribution >= 4 is 74.8 Å². The van der Waals surface area contributed by atoms with Gasteiger partial charge in [-0.25, -0.2) is 28.0 Å². The molecule has 2 fully saturated rings. The Balaban J connectivity index is 0.929. The van der Waals surface area contributed by atoms with E-state index in [-0.39, 0.29) is 56.0 Å². The van der Waals surface area contributed by atoms with Gasteiger partial charge in [-0.2, -0.15) is 0 Å². The zero-order chi connectivity index (χ0) is 53.8. The lowest BCUT2D eigenvalue weighted by Gasteiger charge is -2.44. The van der Waals surface area contributed by atoms with E-state index < -0.39 is 81.5 Å². The van der Waals surface area contributed by atoms with Crippen LogP contribution in [-0.2, 0) is 24.0 Å². The third-order valence-corrected chi connectivity index (χ3v) is 15.2. The van der Waals surface area contributed by atoms with Crippen LogP contribution < -0.4 is 32.5 Å². The molecule has 5 amide bonds. The number of hydrogen-bond acceptors (Lipinski definition) is 11. The van der Waals surface area contributed by atoms with Crippen LogP contribution in [0.25, 0.3) is 10.4 Å². The molecular formula is C53H67F4IN8O7S. The molecule has 4 aromatic rings. The van der Waals surface area contributed by atoms with Gasteiger partial charge in [0.25, 0.3) is 11.8 Å². The molecule has 1 saturated heterocycles. The summed E-state index contributed by atoms with van der Waals surface area (Å²) in [4.78, 5) is 80.1. The summed E-state index contributed by atoms with van der Waals surface area (Å²) in [5, 5.41) is 22.6. The summed E-state index contributed by atoms with van der Waals surface area (Å²) < 4.78 is 58.7.